The van der Waals surface area contributed by atoms with Gasteiger partial charge < -0.3 is 24.5 Å². The fourth-order valence-electron chi connectivity index (χ4n) is 6.86. The van der Waals surface area contributed by atoms with Gasteiger partial charge in [0, 0.05) is 17.9 Å². The van der Waals surface area contributed by atoms with E-state index >= 15 is 0 Å². The van der Waals surface area contributed by atoms with Crippen LogP contribution in [0.4, 0.5) is 4.79 Å². The first-order chi connectivity index (χ1) is 30.2. The maximum Gasteiger partial charge on any atom is 1.00 e. The molecular weight excluding hydrogens is 1110 g/mol. The van der Waals surface area contributed by atoms with Crippen LogP contribution >= 0.6 is 63.7 Å². The molecule has 312 valence electrons. The van der Waals surface area contributed by atoms with E-state index in [1.165, 1.54) is 0 Å². The number of hydrogen-bond acceptors (Lipinski definition) is 5. The Morgan fingerprint density at radius 2 is 0.469 bits per heavy atom. The molecule has 0 saturated heterocycles. The van der Waals surface area contributed by atoms with Gasteiger partial charge in [-0.15, -0.1) is 0 Å². The topological polar surface area (TPSA) is 81.7 Å². The predicted octanol–water partition coefficient (Wildman–Crippen LogP) is 7.78. The largest absolute Gasteiger partial charge is 1.00 e. The first-order valence-electron chi connectivity index (χ1n) is 19.6. The average molecular weight is 1150 g/mol. The van der Waals surface area contributed by atoms with Crippen molar-refractivity contribution < 1.29 is 127 Å². The molecule has 0 aliphatic heterocycles. The second-order valence-electron chi connectivity index (χ2n) is 13.8. The van der Waals surface area contributed by atoms with Gasteiger partial charge in [-0.2, -0.15) is 0 Å². The van der Waals surface area contributed by atoms with Gasteiger partial charge in [-0.3, -0.25) is 0 Å². The molecule has 0 heterocycles. The molecule has 4 atom stereocenters. The molecule has 0 spiro atoms. The summed E-state index contributed by atoms with van der Waals surface area (Å²) in [5.74, 6) is 0. The van der Waals surface area contributed by atoms with E-state index in [0.717, 1.165) is 62.4 Å². The van der Waals surface area contributed by atoms with Gasteiger partial charge in [0.05, 0.1) is 0 Å². The Labute approximate surface area is 494 Å². The number of carbonyl (C=O) groups is 1. The van der Waals surface area contributed by atoms with Gasteiger partial charge in [0.25, 0.3) is 0 Å². The molecule has 0 bridgehead atoms. The Hall–Kier alpha value is -1.86. The first kappa shape index (κ1) is 54.7. The Balaban J connectivity index is 0.000000252. The van der Waals surface area contributed by atoms with Crippen molar-refractivity contribution >= 4 is 69.9 Å². The molecule has 0 N–H and O–H groups in total. The quantitative estimate of drug-likeness (QED) is 0.117. The fraction of sp³-hybridized carbons (Fsp3) is 0.0755. The standard InChI is InChI=1S/2C26H20Br2O.CH2O3.2K/c2*27-23-17-9-7-15-21(23)25(19-11-3-1-4-12-19)29-26(20-13-5-2-6-14-20)22-16-8-10-18-24(22)28;2-1(3)4;;/h2*1-18,25-26H;(H2,2,3,4);;/q;;;2*+1/p-2. The number of carbonyl (C=O) groups excluding carboxylic acids is 1. The summed E-state index contributed by atoms with van der Waals surface area (Å²) in [6.07, 6.45) is -3.21. The molecule has 0 aliphatic carbocycles. The van der Waals surface area contributed by atoms with Crippen LogP contribution < -0.4 is 113 Å². The van der Waals surface area contributed by atoms with Crippen LogP contribution in [-0.2, 0) is 9.47 Å². The third-order valence-electron chi connectivity index (χ3n) is 9.70. The molecule has 8 aromatic rings. The second-order valence-corrected chi connectivity index (χ2v) is 17.2. The van der Waals surface area contributed by atoms with Crippen molar-refractivity contribution in [3.63, 3.8) is 0 Å². The molecule has 0 radical (unpaired) electrons. The summed E-state index contributed by atoms with van der Waals surface area (Å²) in [6.45, 7) is 0. The van der Waals surface area contributed by atoms with Crippen molar-refractivity contribution in [2.24, 2.45) is 0 Å². The number of rotatable bonds is 12. The van der Waals surface area contributed by atoms with E-state index in [2.05, 4.69) is 234 Å². The summed E-state index contributed by atoms with van der Waals surface area (Å²) in [4.78, 5) is 8.33. The van der Waals surface area contributed by atoms with Crippen LogP contribution in [0.25, 0.3) is 0 Å². The van der Waals surface area contributed by atoms with Gasteiger partial charge in [-0.25, -0.2) is 0 Å². The number of carboxylic acid groups (broad SMARTS) is 2. The number of hydrogen-bond donors (Lipinski definition) is 0. The van der Waals surface area contributed by atoms with Crippen LogP contribution in [0.5, 0.6) is 0 Å². The molecule has 5 nitrogen and oxygen atoms in total. The third kappa shape index (κ3) is 16.1. The maximum absolute atomic E-state index is 8.33. The molecule has 0 amide bonds. The van der Waals surface area contributed by atoms with Gasteiger partial charge in [-0.05, 0) is 74.9 Å². The molecule has 0 saturated carbocycles. The Morgan fingerprint density at radius 1 is 0.312 bits per heavy atom. The van der Waals surface area contributed by atoms with Gasteiger partial charge in [0.15, 0.2) is 0 Å². The molecule has 8 rings (SSSR count). The number of halogens is 4. The van der Waals surface area contributed by atoms with E-state index in [-0.39, 0.29) is 127 Å². The molecule has 0 aliphatic rings. The molecule has 0 aromatic heterocycles. The Morgan fingerprint density at radius 3 is 0.641 bits per heavy atom. The first-order valence-corrected chi connectivity index (χ1v) is 22.7. The normalized spacial score (nSPS) is 12.2. The van der Waals surface area contributed by atoms with E-state index in [1.54, 1.807) is 0 Å². The van der Waals surface area contributed by atoms with E-state index in [9.17, 15) is 0 Å². The molecule has 4 unspecified atom stereocenters. The molecule has 64 heavy (non-hydrogen) atoms. The summed E-state index contributed by atoms with van der Waals surface area (Å²) < 4.78 is 17.9. The van der Waals surface area contributed by atoms with Crippen LogP contribution in [0.3, 0.4) is 0 Å². The van der Waals surface area contributed by atoms with Crippen LogP contribution in [0.15, 0.2) is 236 Å². The zero-order chi connectivity index (χ0) is 43.7. The molecule has 0 fully saturated rings. The Bertz CT molecular complexity index is 2250. The minimum Gasteiger partial charge on any atom is -0.652 e. The van der Waals surface area contributed by atoms with Crippen molar-refractivity contribution in [2.75, 3.05) is 0 Å². The van der Waals surface area contributed by atoms with Crippen LogP contribution in [0.2, 0.25) is 0 Å². The summed E-state index contributed by atoms with van der Waals surface area (Å²) in [5.41, 5.74) is 8.89. The van der Waals surface area contributed by atoms with Crippen molar-refractivity contribution in [2.45, 2.75) is 24.4 Å². The van der Waals surface area contributed by atoms with E-state index in [1.807, 2.05) is 48.5 Å². The summed E-state index contributed by atoms with van der Waals surface area (Å²) in [7, 11) is 0. The minimum atomic E-state index is -2.33. The maximum atomic E-state index is 8.33. The van der Waals surface area contributed by atoms with E-state index < -0.39 is 6.16 Å². The summed E-state index contributed by atoms with van der Waals surface area (Å²) in [6, 6.07) is 74.5. The Kier molecular flexibility index (Phi) is 24.9. The number of ether oxygens (including phenoxy) is 2. The second kappa shape index (κ2) is 29.1. The third-order valence-corrected chi connectivity index (χ3v) is 12.6. The van der Waals surface area contributed by atoms with Crippen LogP contribution in [0.1, 0.15) is 68.9 Å². The molecular formula is C53H40Br4K2O5. The summed E-state index contributed by atoms with van der Waals surface area (Å²) in [5, 5.41) is 16.7. The SMILES string of the molecule is Brc1ccccc1C(OC(c1ccccc1)c1ccccc1Br)c1ccccc1.Brc1ccccc1C(OC(c1ccccc1)c1ccccc1Br)c1ccccc1.O=C([O-])[O-].[K+].[K+]. The minimum absolute atomic E-state index is 0. The van der Waals surface area contributed by atoms with Gasteiger partial charge in [-0.1, -0.05) is 258 Å². The van der Waals surface area contributed by atoms with Crippen molar-refractivity contribution in [3.8, 4) is 0 Å². The van der Waals surface area contributed by atoms with Crippen molar-refractivity contribution in [1.82, 2.24) is 0 Å². The monoisotopic (exact) mass is 1150 g/mol. The smallest absolute Gasteiger partial charge is 0.652 e. The van der Waals surface area contributed by atoms with Crippen LogP contribution in [0, 0.1) is 0 Å². The fourth-order valence-corrected chi connectivity index (χ4v) is 8.83. The van der Waals surface area contributed by atoms with Gasteiger partial charge >= 0.3 is 103 Å². The van der Waals surface area contributed by atoms with Crippen LogP contribution in [-0.4, -0.2) is 6.16 Å². The zero-order valence-corrected chi connectivity index (χ0v) is 47.7. The van der Waals surface area contributed by atoms with E-state index in [4.69, 9.17) is 24.5 Å². The van der Waals surface area contributed by atoms with Crippen molar-refractivity contribution in [1.29, 1.82) is 0 Å². The van der Waals surface area contributed by atoms with Gasteiger partial charge in [0.1, 0.15) is 24.4 Å². The summed E-state index contributed by atoms with van der Waals surface area (Å²) >= 11 is 14.9. The van der Waals surface area contributed by atoms with Crippen molar-refractivity contribution in [3.05, 3.63) is 281 Å². The predicted molar refractivity (Wildman–Crippen MR) is 257 cm³/mol. The molecule has 11 heteroatoms. The average Bonchev–Trinajstić information content (AvgIpc) is 3.30. The number of benzene rings is 8. The van der Waals surface area contributed by atoms with Gasteiger partial charge in [0.2, 0.25) is 0 Å². The zero-order valence-electron chi connectivity index (χ0n) is 35.1. The van der Waals surface area contributed by atoms with E-state index in [0.29, 0.717) is 0 Å². The molecule has 8 aromatic carbocycles.